The van der Waals surface area contributed by atoms with Gasteiger partial charge in [0.2, 0.25) is 0 Å². The van der Waals surface area contributed by atoms with Gasteiger partial charge in [-0.15, -0.1) is 0 Å². The molecule has 0 aromatic rings. The van der Waals surface area contributed by atoms with Crippen molar-refractivity contribution in [1.29, 1.82) is 0 Å². The Balaban J connectivity index is 1.79. The molecule has 180 valence electrons. The highest BCUT2D eigenvalue weighted by Gasteiger charge is 2.76. The third-order valence-electron chi connectivity index (χ3n) is 9.78. The van der Waals surface area contributed by atoms with Crippen LogP contribution in [0.1, 0.15) is 51.4 Å². The van der Waals surface area contributed by atoms with Gasteiger partial charge in [0.05, 0.1) is 5.57 Å². The van der Waals surface area contributed by atoms with Crippen LogP contribution in [0.15, 0.2) is 28.4 Å². The molecular weight excluding hydrogens is 420 g/mol. The monoisotopic (exact) mass is 456 g/mol. The lowest BCUT2D eigenvalue weighted by molar-refractivity contribution is -0.148. The largest absolute Gasteiger partial charge is 0.478 e. The van der Waals surface area contributed by atoms with Crippen molar-refractivity contribution < 1.29 is 19.8 Å². The van der Waals surface area contributed by atoms with Crippen LogP contribution >= 0.6 is 0 Å². The molecule has 1 aliphatic heterocycles. The molecule has 3 bridgehead atoms. The normalized spacial score (nSPS) is 42.5. The van der Waals surface area contributed by atoms with E-state index in [9.17, 15) is 19.8 Å². The number of nitrogens with one attached hydrogen (secondary N) is 1. The maximum Gasteiger partial charge on any atom is 0.334 e. The van der Waals surface area contributed by atoms with E-state index in [0.29, 0.717) is 25.3 Å². The summed E-state index contributed by atoms with van der Waals surface area (Å²) in [5, 5.41) is 25.5. The van der Waals surface area contributed by atoms with Crippen LogP contribution in [0.2, 0.25) is 0 Å². The summed E-state index contributed by atoms with van der Waals surface area (Å²) in [4.78, 5) is 32.2. The first-order valence-electron chi connectivity index (χ1n) is 12.3. The predicted molar refractivity (Wildman–Crippen MR) is 124 cm³/mol. The fourth-order valence-electron chi connectivity index (χ4n) is 8.68. The van der Waals surface area contributed by atoms with Crippen LogP contribution in [0.5, 0.6) is 0 Å². The number of fused-ring (bicyclic) bond motifs is 1. The molecule has 0 amide bonds. The molecule has 8 nitrogen and oxygen atoms in total. The van der Waals surface area contributed by atoms with Gasteiger partial charge in [-0.1, -0.05) is 12.5 Å². The highest BCUT2D eigenvalue weighted by atomic mass is 16.4. The van der Waals surface area contributed by atoms with E-state index in [1.165, 1.54) is 0 Å². The van der Waals surface area contributed by atoms with Crippen molar-refractivity contribution in [2.45, 2.75) is 57.0 Å². The Hall–Kier alpha value is -2.19. The fraction of sp³-hybridized carbons (Fsp3) is 0.720. The third kappa shape index (κ3) is 2.74. The number of hydrogen-bond acceptors (Lipinski definition) is 5. The minimum atomic E-state index is -1.90. The van der Waals surface area contributed by atoms with Crippen LogP contribution in [0.3, 0.4) is 0 Å². The fourth-order valence-corrected chi connectivity index (χ4v) is 8.68. The van der Waals surface area contributed by atoms with Gasteiger partial charge in [-0.3, -0.25) is 9.79 Å². The molecule has 0 saturated heterocycles. The molecule has 3 saturated carbocycles. The maximum absolute atomic E-state index is 13.3. The van der Waals surface area contributed by atoms with Gasteiger partial charge in [-0.05, 0) is 68.9 Å². The first-order valence-corrected chi connectivity index (χ1v) is 12.3. The predicted octanol–water partition coefficient (Wildman–Crippen LogP) is 1.66. The Kier molecular flexibility index (Phi) is 5.25. The van der Waals surface area contributed by atoms with Gasteiger partial charge in [0.25, 0.3) is 0 Å². The molecule has 3 fully saturated rings. The van der Waals surface area contributed by atoms with Crippen LogP contribution < -0.4 is 11.1 Å². The number of rotatable bonds is 3. The van der Waals surface area contributed by atoms with Crippen LogP contribution in [0.25, 0.3) is 0 Å². The van der Waals surface area contributed by atoms with Gasteiger partial charge in [0.15, 0.2) is 17.3 Å². The van der Waals surface area contributed by atoms with Gasteiger partial charge in [0.1, 0.15) is 0 Å². The van der Waals surface area contributed by atoms with E-state index in [-0.39, 0.29) is 47.4 Å². The quantitative estimate of drug-likeness (QED) is 0.375. The standard InChI is InChI=1S/C25H36N4O4/c1-27-12-17-9-10-29(22(26)28-2)14-24(17)16-8-7-15-5-3-4-6-19(30)25(33)13-23(15,24)18(11-16)20(25)21(31)32/h9-10,15-17,27,33H,3-8,11-14H2,1-2H3,(H2,26,28)(H,31,32)/t15-,16-,17-,23+,24-,25-/m1/s1. The number of aliphatic hydroxyl groups is 1. The van der Waals surface area contributed by atoms with Crippen molar-refractivity contribution in [3.63, 3.8) is 0 Å². The van der Waals surface area contributed by atoms with E-state index < -0.39 is 17.0 Å². The number of Topliss-reactive ketones (excluding diaryl/α,β-unsaturated/α-hetero) is 1. The summed E-state index contributed by atoms with van der Waals surface area (Å²) in [5.74, 6) is -0.368. The van der Waals surface area contributed by atoms with Crippen molar-refractivity contribution in [2.24, 2.45) is 39.3 Å². The molecule has 5 aliphatic rings. The summed E-state index contributed by atoms with van der Waals surface area (Å²) in [7, 11) is 3.62. The van der Waals surface area contributed by atoms with Gasteiger partial charge in [0, 0.05) is 43.6 Å². The minimum absolute atomic E-state index is 0.00961. The first kappa shape index (κ1) is 22.6. The van der Waals surface area contributed by atoms with E-state index in [1.807, 2.05) is 18.1 Å². The average Bonchev–Trinajstić information content (AvgIpc) is 3.15. The first-order chi connectivity index (χ1) is 15.8. The van der Waals surface area contributed by atoms with E-state index >= 15 is 0 Å². The van der Waals surface area contributed by atoms with E-state index in [4.69, 9.17) is 5.73 Å². The molecule has 0 unspecified atom stereocenters. The number of aliphatic carboxylic acids is 1. The van der Waals surface area contributed by atoms with Gasteiger partial charge in [-0.25, -0.2) is 4.79 Å². The Morgan fingerprint density at radius 3 is 2.76 bits per heavy atom. The lowest BCUT2D eigenvalue weighted by atomic mass is 9.45. The van der Waals surface area contributed by atoms with Crippen LogP contribution in [-0.4, -0.2) is 65.6 Å². The number of allylic oxidation sites excluding steroid dienone is 1. The molecule has 6 atom stereocenters. The molecule has 0 radical (unpaired) electrons. The zero-order chi connectivity index (χ0) is 23.6. The third-order valence-corrected chi connectivity index (χ3v) is 9.78. The molecular formula is C25H36N4O4. The lowest BCUT2D eigenvalue weighted by Gasteiger charge is -2.61. The zero-order valence-corrected chi connectivity index (χ0v) is 19.6. The van der Waals surface area contributed by atoms with Crippen LogP contribution in [0.4, 0.5) is 0 Å². The second-order valence-corrected chi connectivity index (χ2v) is 10.8. The van der Waals surface area contributed by atoms with Crippen molar-refractivity contribution >= 4 is 17.7 Å². The SMILES string of the molecule is CN=C(N)N1C=C[C@H](CNC)[C@@]2(C1)[C@@H]1CC[C@H]3CCCCC(=O)[C@]4(O)C[C@@]32C(=C4C(=O)O)C1. The topological polar surface area (TPSA) is 128 Å². The molecule has 0 aromatic heterocycles. The lowest BCUT2D eigenvalue weighted by Crippen LogP contribution is -2.63. The number of carboxylic acid groups (broad SMARTS) is 1. The molecule has 4 aliphatic carbocycles. The van der Waals surface area contributed by atoms with Crippen molar-refractivity contribution in [3.05, 3.63) is 23.4 Å². The summed E-state index contributed by atoms with van der Waals surface area (Å²) >= 11 is 0. The van der Waals surface area contributed by atoms with Crippen molar-refractivity contribution in [2.75, 3.05) is 27.2 Å². The van der Waals surface area contributed by atoms with E-state index in [2.05, 4.69) is 16.4 Å². The van der Waals surface area contributed by atoms with Crippen molar-refractivity contribution in [3.8, 4) is 0 Å². The van der Waals surface area contributed by atoms with Gasteiger partial charge in [-0.2, -0.15) is 0 Å². The van der Waals surface area contributed by atoms with Gasteiger partial charge < -0.3 is 26.2 Å². The zero-order valence-electron chi connectivity index (χ0n) is 19.6. The highest BCUT2D eigenvalue weighted by molar-refractivity contribution is 6.04. The number of hydrogen-bond donors (Lipinski definition) is 4. The Bertz CT molecular complexity index is 973. The molecule has 8 heteroatoms. The Morgan fingerprint density at radius 1 is 1.30 bits per heavy atom. The minimum Gasteiger partial charge on any atom is -0.478 e. The second-order valence-electron chi connectivity index (χ2n) is 10.8. The summed E-state index contributed by atoms with van der Waals surface area (Å²) in [6.07, 6.45) is 9.90. The molecule has 1 heterocycles. The van der Waals surface area contributed by atoms with Crippen LogP contribution in [-0.2, 0) is 9.59 Å². The number of nitrogens with two attached hydrogens (primary N) is 1. The number of aliphatic imine (C=N–C) groups is 1. The number of ketones is 1. The number of guanidine groups is 1. The Morgan fingerprint density at radius 2 is 2.06 bits per heavy atom. The van der Waals surface area contributed by atoms with E-state index in [1.54, 1.807) is 7.05 Å². The molecule has 33 heavy (non-hydrogen) atoms. The second kappa shape index (κ2) is 7.67. The van der Waals surface area contributed by atoms with E-state index in [0.717, 1.165) is 37.8 Å². The summed E-state index contributed by atoms with van der Waals surface area (Å²) in [6, 6.07) is 0. The Labute approximate surface area is 195 Å². The molecule has 0 aromatic carbocycles. The van der Waals surface area contributed by atoms with Crippen LogP contribution in [0, 0.1) is 28.6 Å². The smallest absolute Gasteiger partial charge is 0.334 e. The number of carboxylic acids is 1. The summed E-state index contributed by atoms with van der Waals surface area (Å²) < 4.78 is 0. The van der Waals surface area contributed by atoms with Gasteiger partial charge >= 0.3 is 5.97 Å². The number of carbonyl (C=O) groups is 2. The summed E-state index contributed by atoms with van der Waals surface area (Å²) in [6.45, 7) is 1.38. The maximum atomic E-state index is 13.3. The summed E-state index contributed by atoms with van der Waals surface area (Å²) in [5.41, 5.74) is 4.36. The number of nitrogens with zero attached hydrogens (tertiary/aromatic N) is 2. The molecule has 5 rings (SSSR count). The molecule has 2 spiro atoms. The average molecular weight is 457 g/mol. The number of carbonyl (C=O) groups excluding carboxylic acids is 1. The molecule has 5 N–H and O–H groups in total. The van der Waals surface area contributed by atoms with Crippen molar-refractivity contribution in [1.82, 2.24) is 10.2 Å². The highest BCUT2D eigenvalue weighted by Crippen LogP contribution is 2.78.